The van der Waals surface area contributed by atoms with Gasteiger partial charge in [0.05, 0.1) is 0 Å². The average Bonchev–Trinajstić information content (AvgIpc) is 2.97. The van der Waals surface area contributed by atoms with E-state index in [1.54, 1.807) is 12.1 Å². The molecule has 4 aromatic rings. The molecule has 1 aliphatic rings. The van der Waals surface area contributed by atoms with Crippen LogP contribution in [0.2, 0.25) is 0 Å². The van der Waals surface area contributed by atoms with Gasteiger partial charge >= 0.3 is 0 Å². The standard InChI is InChI=1S/C34H38N2O2/c37-33-17-9-7-15-31(33)29(27-11-3-1-4-12-27)19-21-35-23-25-36(26-24-35)22-20-30(28-13-5-2-6-14-28)32-16-8-10-18-34(32)38/h1-18,29-30,37-38H,19-26H2/t29-,30-/m0/s1. The van der Waals surface area contributed by atoms with E-state index in [4.69, 9.17) is 0 Å². The minimum atomic E-state index is 0.181. The van der Waals surface area contributed by atoms with Gasteiger partial charge in [-0.2, -0.15) is 0 Å². The van der Waals surface area contributed by atoms with E-state index in [9.17, 15) is 10.2 Å². The second-order valence-electron chi connectivity index (χ2n) is 10.3. The monoisotopic (exact) mass is 506 g/mol. The van der Waals surface area contributed by atoms with Crippen LogP contribution in [-0.2, 0) is 0 Å². The van der Waals surface area contributed by atoms with E-state index < -0.39 is 0 Å². The summed E-state index contributed by atoms with van der Waals surface area (Å²) >= 11 is 0. The summed E-state index contributed by atoms with van der Waals surface area (Å²) in [6, 6.07) is 36.6. The molecule has 1 aliphatic heterocycles. The summed E-state index contributed by atoms with van der Waals surface area (Å²) in [6.07, 6.45) is 1.95. The van der Waals surface area contributed by atoms with Crippen LogP contribution in [0.4, 0.5) is 0 Å². The molecule has 5 rings (SSSR count). The highest BCUT2D eigenvalue weighted by atomic mass is 16.3. The van der Waals surface area contributed by atoms with E-state index in [2.05, 4.69) is 70.5 Å². The summed E-state index contributed by atoms with van der Waals surface area (Å²) in [5, 5.41) is 21.1. The van der Waals surface area contributed by atoms with Crippen molar-refractivity contribution in [2.45, 2.75) is 24.7 Å². The van der Waals surface area contributed by atoms with Gasteiger partial charge in [0, 0.05) is 49.1 Å². The molecule has 2 atom stereocenters. The minimum absolute atomic E-state index is 0.181. The van der Waals surface area contributed by atoms with Crippen LogP contribution < -0.4 is 0 Å². The van der Waals surface area contributed by atoms with Gasteiger partial charge in [-0.1, -0.05) is 97.1 Å². The third-order valence-electron chi connectivity index (χ3n) is 7.96. The van der Waals surface area contributed by atoms with Crippen LogP contribution in [-0.4, -0.2) is 59.3 Å². The Morgan fingerprint density at radius 3 is 1.18 bits per heavy atom. The highest BCUT2D eigenvalue weighted by Crippen LogP contribution is 2.35. The van der Waals surface area contributed by atoms with Crippen molar-refractivity contribution >= 4 is 0 Å². The maximum atomic E-state index is 10.6. The van der Waals surface area contributed by atoms with E-state index in [0.29, 0.717) is 11.5 Å². The first-order valence-electron chi connectivity index (χ1n) is 13.8. The summed E-state index contributed by atoms with van der Waals surface area (Å²) in [4.78, 5) is 5.12. The van der Waals surface area contributed by atoms with E-state index in [0.717, 1.165) is 63.2 Å². The van der Waals surface area contributed by atoms with Crippen molar-refractivity contribution < 1.29 is 10.2 Å². The molecule has 4 aromatic carbocycles. The van der Waals surface area contributed by atoms with Gasteiger partial charge in [0.25, 0.3) is 0 Å². The zero-order valence-electron chi connectivity index (χ0n) is 22.0. The lowest BCUT2D eigenvalue weighted by atomic mass is 9.87. The Kier molecular flexibility index (Phi) is 8.75. The van der Waals surface area contributed by atoms with Crippen molar-refractivity contribution in [1.29, 1.82) is 0 Å². The van der Waals surface area contributed by atoms with Crippen molar-refractivity contribution in [3.63, 3.8) is 0 Å². The van der Waals surface area contributed by atoms with Gasteiger partial charge in [-0.25, -0.2) is 0 Å². The molecule has 1 fully saturated rings. The molecule has 0 aliphatic carbocycles. The van der Waals surface area contributed by atoms with Crippen LogP contribution in [0.15, 0.2) is 109 Å². The highest BCUT2D eigenvalue weighted by molar-refractivity contribution is 5.42. The van der Waals surface area contributed by atoms with Crippen LogP contribution in [0.3, 0.4) is 0 Å². The smallest absolute Gasteiger partial charge is 0.119 e. The summed E-state index contributed by atoms with van der Waals surface area (Å²) in [5.41, 5.74) is 4.52. The number of rotatable bonds is 10. The fourth-order valence-electron chi connectivity index (χ4n) is 5.80. The van der Waals surface area contributed by atoms with Crippen molar-refractivity contribution in [3.05, 3.63) is 131 Å². The van der Waals surface area contributed by atoms with Crippen molar-refractivity contribution in [3.8, 4) is 11.5 Å². The zero-order chi connectivity index (χ0) is 26.2. The molecule has 2 N–H and O–H groups in total. The molecule has 0 spiro atoms. The Morgan fingerprint density at radius 1 is 0.474 bits per heavy atom. The van der Waals surface area contributed by atoms with Crippen LogP contribution in [0.5, 0.6) is 11.5 Å². The molecule has 0 unspecified atom stereocenters. The fourth-order valence-corrected chi connectivity index (χ4v) is 5.80. The van der Waals surface area contributed by atoms with Crippen molar-refractivity contribution in [2.24, 2.45) is 0 Å². The molecule has 1 saturated heterocycles. The predicted octanol–water partition coefficient (Wildman–Crippen LogP) is 6.46. The topological polar surface area (TPSA) is 46.9 Å². The SMILES string of the molecule is Oc1ccccc1[C@@H](CCN1CCN(CC[C@@H](c2ccccc2)c2ccccc2O)CC1)c1ccccc1. The van der Waals surface area contributed by atoms with Gasteiger partial charge in [0.1, 0.15) is 11.5 Å². The number of para-hydroxylation sites is 2. The quantitative estimate of drug-likeness (QED) is 0.259. The van der Waals surface area contributed by atoms with E-state index >= 15 is 0 Å². The number of benzene rings is 4. The van der Waals surface area contributed by atoms with Gasteiger partial charge in [0.2, 0.25) is 0 Å². The fraction of sp³-hybridized carbons (Fsp3) is 0.294. The Morgan fingerprint density at radius 2 is 0.816 bits per heavy atom. The lowest BCUT2D eigenvalue weighted by molar-refractivity contribution is 0.128. The number of hydrogen-bond donors (Lipinski definition) is 2. The summed E-state index contributed by atoms with van der Waals surface area (Å²) in [7, 11) is 0. The lowest BCUT2D eigenvalue weighted by Crippen LogP contribution is -2.47. The van der Waals surface area contributed by atoms with Crippen molar-refractivity contribution in [1.82, 2.24) is 9.80 Å². The number of aromatic hydroxyl groups is 2. The second-order valence-corrected chi connectivity index (χ2v) is 10.3. The molecule has 4 heteroatoms. The Hall–Kier alpha value is -3.60. The molecule has 0 saturated carbocycles. The molecule has 0 radical (unpaired) electrons. The Labute approximate surface area is 226 Å². The van der Waals surface area contributed by atoms with Gasteiger partial charge in [-0.3, -0.25) is 0 Å². The molecule has 0 aromatic heterocycles. The van der Waals surface area contributed by atoms with E-state index in [1.165, 1.54) is 11.1 Å². The van der Waals surface area contributed by atoms with Crippen LogP contribution in [0.25, 0.3) is 0 Å². The molecular formula is C34H38N2O2. The number of phenolic OH excluding ortho intramolecular Hbond substituents is 2. The Bertz CT molecular complexity index is 1170. The predicted molar refractivity (Wildman–Crippen MR) is 155 cm³/mol. The average molecular weight is 507 g/mol. The van der Waals surface area contributed by atoms with Crippen LogP contribution >= 0.6 is 0 Å². The van der Waals surface area contributed by atoms with Crippen LogP contribution in [0.1, 0.15) is 46.9 Å². The zero-order valence-corrected chi connectivity index (χ0v) is 22.0. The van der Waals surface area contributed by atoms with Gasteiger partial charge in [-0.15, -0.1) is 0 Å². The molecule has 0 amide bonds. The van der Waals surface area contributed by atoms with Gasteiger partial charge in [0.15, 0.2) is 0 Å². The van der Waals surface area contributed by atoms with Crippen molar-refractivity contribution in [2.75, 3.05) is 39.3 Å². The number of hydrogen-bond acceptors (Lipinski definition) is 4. The normalized spacial score (nSPS) is 16.2. The third-order valence-corrected chi connectivity index (χ3v) is 7.96. The maximum Gasteiger partial charge on any atom is 0.119 e. The molecule has 1 heterocycles. The maximum absolute atomic E-state index is 10.6. The number of nitrogens with zero attached hydrogens (tertiary/aromatic N) is 2. The summed E-state index contributed by atoms with van der Waals surface area (Å²) < 4.78 is 0. The second kappa shape index (κ2) is 12.8. The lowest BCUT2D eigenvalue weighted by Gasteiger charge is -2.36. The number of piperazine rings is 1. The summed E-state index contributed by atoms with van der Waals surface area (Å²) in [6.45, 7) is 6.21. The molecule has 38 heavy (non-hydrogen) atoms. The van der Waals surface area contributed by atoms with Gasteiger partial charge in [-0.05, 0) is 49.2 Å². The largest absolute Gasteiger partial charge is 0.508 e. The first-order valence-corrected chi connectivity index (χ1v) is 13.8. The molecular weight excluding hydrogens is 468 g/mol. The summed E-state index contributed by atoms with van der Waals surface area (Å²) in [5.74, 6) is 1.12. The minimum Gasteiger partial charge on any atom is -0.508 e. The molecule has 4 nitrogen and oxygen atoms in total. The van der Waals surface area contributed by atoms with E-state index in [-0.39, 0.29) is 11.8 Å². The van der Waals surface area contributed by atoms with Crippen LogP contribution in [0, 0.1) is 0 Å². The molecule has 0 bridgehead atoms. The number of phenols is 2. The van der Waals surface area contributed by atoms with E-state index in [1.807, 2.05) is 36.4 Å². The molecule has 196 valence electrons. The first kappa shape index (κ1) is 26.0. The Balaban J connectivity index is 1.18. The highest BCUT2D eigenvalue weighted by Gasteiger charge is 2.23. The third kappa shape index (κ3) is 6.45. The first-order chi connectivity index (χ1) is 18.7. The van der Waals surface area contributed by atoms with Gasteiger partial charge < -0.3 is 20.0 Å².